The van der Waals surface area contributed by atoms with Crippen LogP contribution in [0.2, 0.25) is 0 Å². The molecule has 1 saturated heterocycles. The number of aromatic nitrogens is 3. The zero-order chi connectivity index (χ0) is 20.5. The van der Waals surface area contributed by atoms with E-state index < -0.39 is 5.41 Å². The average Bonchev–Trinajstić information content (AvgIpc) is 3.27. The second-order valence-corrected chi connectivity index (χ2v) is 7.83. The number of nitrogens with one attached hydrogen (secondary N) is 1. The van der Waals surface area contributed by atoms with Crippen molar-refractivity contribution in [1.29, 1.82) is 0 Å². The van der Waals surface area contributed by atoms with Gasteiger partial charge in [0, 0.05) is 18.8 Å². The Morgan fingerprint density at radius 2 is 1.93 bits per heavy atom. The van der Waals surface area contributed by atoms with Crippen LogP contribution in [-0.2, 0) is 5.41 Å². The van der Waals surface area contributed by atoms with E-state index in [0.29, 0.717) is 24.5 Å². The Hall–Kier alpha value is -3.28. The first-order chi connectivity index (χ1) is 13.2. The highest BCUT2D eigenvalue weighted by molar-refractivity contribution is 5.84. The summed E-state index contributed by atoms with van der Waals surface area (Å²) in [5, 5.41) is 12.5. The van der Waals surface area contributed by atoms with Crippen LogP contribution in [0.5, 0.6) is 0 Å². The first-order valence-corrected chi connectivity index (χ1v) is 9.14. The average molecular weight is 381 g/mol. The summed E-state index contributed by atoms with van der Waals surface area (Å²) >= 11 is 0. The molecule has 2 aromatic rings. The lowest BCUT2D eigenvalue weighted by Gasteiger charge is -2.17. The number of amides is 1. The van der Waals surface area contributed by atoms with Crippen molar-refractivity contribution < 1.29 is 4.79 Å². The maximum Gasteiger partial charge on any atom is 0.345 e. The first-order valence-electron chi connectivity index (χ1n) is 9.14. The smallest absolute Gasteiger partial charge is 0.325 e. The van der Waals surface area contributed by atoms with E-state index in [2.05, 4.69) is 25.2 Å². The van der Waals surface area contributed by atoms with E-state index in [9.17, 15) is 9.59 Å². The largest absolute Gasteiger partial charge is 0.345 e. The van der Waals surface area contributed by atoms with Crippen molar-refractivity contribution in [3.8, 4) is 0 Å². The third-order valence-electron chi connectivity index (χ3n) is 4.50. The van der Waals surface area contributed by atoms with E-state index in [1.807, 2.05) is 20.8 Å². The molecule has 2 aromatic heterocycles. The van der Waals surface area contributed by atoms with E-state index in [1.54, 1.807) is 24.0 Å². The summed E-state index contributed by atoms with van der Waals surface area (Å²) in [6, 6.07) is 2.92. The molecule has 9 nitrogen and oxygen atoms in total. The van der Waals surface area contributed by atoms with E-state index in [0.717, 1.165) is 17.5 Å². The van der Waals surface area contributed by atoms with Gasteiger partial charge in [0.1, 0.15) is 0 Å². The minimum atomic E-state index is -0.456. The molecule has 0 atom stereocenters. The Kier molecular flexibility index (Phi) is 5.14. The predicted molar refractivity (Wildman–Crippen MR) is 105 cm³/mol. The van der Waals surface area contributed by atoms with Crippen LogP contribution in [0, 0.1) is 13.5 Å². The molecule has 28 heavy (non-hydrogen) atoms. The van der Waals surface area contributed by atoms with Gasteiger partial charge in [-0.25, -0.2) is 9.64 Å². The number of pyridine rings is 1. The number of H-pyrrole nitrogens is 1. The molecule has 0 unspecified atom stereocenters. The van der Waals surface area contributed by atoms with Crippen LogP contribution >= 0.6 is 0 Å². The van der Waals surface area contributed by atoms with Gasteiger partial charge in [0.05, 0.1) is 12.3 Å². The number of carbonyl (C=O) groups excluding carboxylic acids is 1. The van der Waals surface area contributed by atoms with Crippen molar-refractivity contribution in [2.75, 3.05) is 13.1 Å². The van der Waals surface area contributed by atoms with Gasteiger partial charge in [-0.3, -0.25) is 4.79 Å². The first kappa shape index (κ1) is 19.5. The Bertz CT molecular complexity index is 1030. The van der Waals surface area contributed by atoms with Gasteiger partial charge in [0.15, 0.2) is 11.5 Å². The zero-order valence-corrected chi connectivity index (χ0v) is 16.5. The number of carbonyl (C=O) groups is 1. The highest BCUT2D eigenvalue weighted by atomic mass is 16.2. The van der Waals surface area contributed by atoms with Crippen molar-refractivity contribution in [3.05, 3.63) is 45.3 Å². The molecule has 3 heterocycles. The Labute approximate surface area is 162 Å². The number of rotatable bonds is 2. The Morgan fingerprint density at radius 1 is 1.25 bits per heavy atom. The standard InChI is InChI=1S/C19H23N7O2/c1-12-8-9-13(17(27)21-12)22-23-16-14(20-5)15(19(2,3)4)24-26(16)18(28)25-10-6-7-11-25/h8-9H,6-7,10-11H2,1-4H3,(H,21,27). The molecule has 0 bridgehead atoms. The van der Waals surface area contributed by atoms with Crippen molar-refractivity contribution in [1.82, 2.24) is 19.7 Å². The normalized spacial score (nSPS) is 14.6. The van der Waals surface area contributed by atoms with Crippen LogP contribution in [0.1, 0.15) is 45.0 Å². The molecule has 3 rings (SSSR count). The lowest BCUT2D eigenvalue weighted by molar-refractivity contribution is 0.207. The van der Waals surface area contributed by atoms with Crippen LogP contribution in [0.25, 0.3) is 4.85 Å². The molecule has 1 aliphatic heterocycles. The molecule has 1 aliphatic rings. The van der Waals surface area contributed by atoms with Crippen LogP contribution < -0.4 is 5.56 Å². The molecule has 0 aromatic carbocycles. The quantitative estimate of drug-likeness (QED) is 0.623. The van der Waals surface area contributed by atoms with Crippen LogP contribution in [-0.4, -0.2) is 38.8 Å². The fourth-order valence-corrected chi connectivity index (χ4v) is 3.02. The molecular weight excluding hydrogens is 358 g/mol. The molecule has 0 aliphatic carbocycles. The van der Waals surface area contributed by atoms with Gasteiger partial charge in [-0.1, -0.05) is 20.8 Å². The van der Waals surface area contributed by atoms with E-state index in [1.165, 1.54) is 0 Å². The van der Waals surface area contributed by atoms with Gasteiger partial charge < -0.3 is 9.88 Å². The maximum absolute atomic E-state index is 13.0. The molecule has 9 heteroatoms. The number of likely N-dealkylation sites (tertiary alicyclic amines) is 1. The lowest BCUT2D eigenvalue weighted by Crippen LogP contribution is -2.32. The summed E-state index contributed by atoms with van der Waals surface area (Å²) in [7, 11) is 0. The van der Waals surface area contributed by atoms with Crippen LogP contribution in [0.4, 0.5) is 22.0 Å². The summed E-state index contributed by atoms with van der Waals surface area (Å²) < 4.78 is 1.14. The van der Waals surface area contributed by atoms with Gasteiger partial charge in [-0.2, -0.15) is 9.78 Å². The number of nitrogens with zero attached hydrogens (tertiary/aromatic N) is 6. The molecule has 0 saturated carbocycles. The van der Waals surface area contributed by atoms with Gasteiger partial charge in [0.2, 0.25) is 0 Å². The number of azo groups is 1. The maximum atomic E-state index is 13.0. The molecule has 1 N–H and O–H groups in total. The fraction of sp³-hybridized carbons (Fsp3) is 0.474. The van der Waals surface area contributed by atoms with Crippen LogP contribution in [0.15, 0.2) is 27.2 Å². The molecule has 146 valence electrons. The second kappa shape index (κ2) is 7.38. The monoisotopic (exact) mass is 381 g/mol. The molecule has 0 spiro atoms. The van der Waals surface area contributed by atoms with Crippen LogP contribution in [0.3, 0.4) is 0 Å². The van der Waals surface area contributed by atoms with Crippen molar-refractivity contribution in [2.45, 2.75) is 46.0 Å². The number of aromatic amines is 1. The van der Waals surface area contributed by atoms with Gasteiger partial charge in [-0.05, 0) is 37.3 Å². The summed E-state index contributed by atoms with van der Waals surface area (Å²) in [4.78, 5) is 32.9. The third kappa shape index (κ3) is 3.71. The van der Waals surface area contributed by atoms with Gasteiger partial charge in [-0.15, -0.1) is 10.2 Å². The van der Waals surface area contributed by atoms with Crippen molar-refractivity contribution >= 4 is 23.2 Å². The molecular formula is C19H23N7O2. The molecule has 0 radical (unpaired) electrons. The molecule has 1 amide bonds. The summed E-state index contributed by atoms with van der Waals surface area (Å²) in [6.45, 7) is 16.4. The minimum Gasteiger partial charge on any atom is -0.325 e. The van der Waals surface area contributed by atoms with E-state index >= 15 is 0 Å². The number of aryl methyl sites for hydroxylation is 1. The summed E-state index contributed by atoms with van der Waals surface area (Å²) in [5.41, 5.74) is 0.604. The van der Waals surface area contributed by atoms with Crippen molar-refractivity contribution in [2.24, 2.45) is 10.2 Å². The summed E-state index contributed by atoms with van der Waals surface area (Å²) in [5.74, 6) is 0.0526. The molecule has 1 fully saturated rings. The number of hydrogen-bond donors (Lipinski definition) is 1. The zero-order valence-electron chi connectivity index (χ0n) is 16.5. The second-order valence-electron chi connectivity index (χ2n) is 7.83. The SMILES string of the molecule is [C-]#[N+]c1c(C(C)(C)C)nn(C(=O)N2CCCC2)c1N=Nc1ccc(C)[nH]c1=O. The van der Waals surface area contributed by atoms with Gasteiger partial charge in [0.25, 0.3) is 11.2 Å². The van der Waals surface area contributed by atoms with Gasteiger partial charge >= 0.3 is 6.03 Å². The topological polar surface area (TPSA) is 100 Å². The Morgan fingerprint density at radius 3 is 2.50 bits per heavy atom. The lowest BCUT2D eigenvalue weighted by atomic mass is 9.91. The third-order valence-corrected chi connectivity index (χ3v) is 4.50. The highest BCUT2D eigenvalue weighted by Crippen LogP contribution is 2.39. The van der Waals surface area contributed by atoms with Crippen molar-refractivity contribution in [3.63, 3.8) is 0 Å². The highest BCUT2D eigenvalue weighted by Gasteiger charge is 2.31. The fourth-order valence-electron chi connectivity index (χ4n) is 3.02. The van der Waals surface area contributed by atoms with E-state index in [4.69, 9.17) is 6.57 Å². The summed E-state index contributed by atoms with van der Waals surface area (Å²) in [6.07, 6.45) is 1.87. The predicted octanol–water partition coefficient (Wildman–Crippen LogP) is 4.21. The minimum absolute atomic E-state index is 0.0526. The van der Waals surface area contributed by atoms with E-state index in [-0.39, 0.29) is 28.8 Å². The number of hydrogen-bond acceptors (Lipinski definition) is 5. The Balaban J connectivity index is 2.12.